The van der Waals surface area contributed by atoms with E-state index in [-0.39, 0.29) is 19.8 Å². The van der Waals surface area contributed by atoms with Crippen LogP contribution < -0.4 is 15.1 Å². The van der Waals surface area contributed by atoms with Crippen LogP contribution in [-0.4, -0.2) is 61.9 Å². The normalized spacial score (nSPS) is 17.0. The molecule has 2 amide bonds. The molecule has 0 bridgehead atoms. The summed E-state index contributed by atoms with van der Waals surface area (Å²) in [7, 11) is 3.93. The van der Waals surface area contributed by atoms with E-state index in [1.165, 1.54) is 11.8 Å². The van der Waals surface area contributed by atoms with E-state index in [4.69, 9.17) is 26.2 Å². The number of aliphatic imine (C=N–C) groups is 1. The Hall–Kier alpha value is -4.32. The highest BCUT2D eigenvalue weighted by Gasteiger charge is 2.43. The molecule has 0 radical (unpaired) electrons. The Balaban J connectivity index is 1.32. The molecule has 3 heterocycles. The number of carbonyl (C=O) groups is 3. The van der Waals surface area contributed by atoms with Crippen molar-refractivity contribution in [1.29, 1.82) is 0 Å². The van der Waals surface area contributed by atoms with E-state index < -0.39 is 23.8 Å². The van der Waals surface area contributed by atoms with Crippen LogP contribution in [0.3, 0.4) is 0 Å². The number of hydroxylamine groups is 2. The molecule has 1 N–H and O–H groups in total. The first-order chi connectivity index (χ1) is 20.8. The van der Waals surface area contributed by atoms with Gasteiger partial charge in [-0.25, -0.2) is 9.79 Å². The van der Waals surface area contributed by atoms with E-state index in [2.05, 4.69) is 5.32 Å². The summed E-state index contributed by atoms with van der Waals surface area (Å²) in [6.07, 6.45) is 0. The Kier molecular flexibility index (Phi) is 7.87. The average molecular weight is 618 g/mol. The van der Waals surface area contributed by atoms with Gasteiger partial charge in [-0.1, -0.05) is 35.9 Å². The molecule has 220 valence electrons. The summed E-state index contributed by atoms with van der Waals surface area (Å²) in [4.78, 5) is 54.3. The van der Waals surface area contributed by atoms with Crippen molar-refractivity contribution in [2.75, 3.05) is 43.7 Å². The number of hydrogen-bond donors (Lipinski definition) is 1. The molecule has 0 fully saturated rings. The van der Waals surface area contributed by atoms with E-state index in [1.807, 2.05) is 66.4 Å². The summed E-state index contributed by atoms with van der Waals surface area (Å²) in [6, 6.07) is 19.6. The quantitative estimate of drug-likeness (QED) is 0.201. The molecule has 0 saturated heterocycles. The summed E-state index contributed by atoms with van der Waals surface area (Å²) < 4.78 is 5.53. The molecule has 3 aromatic carbocycles. The Labute approximate surface area is 257 Å². The summed E-state index contributed by atoms with van der Waals surface area (Å²) in [5.74, 6) is -1.21. The number of imide groups is 1. The SMILES string of the molecule is CCOC(=O)C1=C(NCCON2C(=O)c3ccccc3C2=O)N=C2Sc3cc(Cl)ccc3N2C1c1ccc(N(C)C)cc1. The minimum atomic E-state index is -0.558. The van der Waals surface area contributed by atoms with Crippen LogP contribution in [0.4, 0.5) is 11.4 Å². The highest BCUT2D eigenvalue weighted by Crippen LogP contribution is 2.50. The second-order valence-corrected chi connectivity index (χ2v) is 11.5. The Morgan fingerprint density at radius 1 is 1.05 bits per heavy atom. The van der Waals surface area contributed by atoms with Crippen molar-refractivity contribution in [3.63, 3.8) is 0 Å². The molecule has 3 aliphatic rings. The van der Waals surface area contributed by atoms with Gasteiger partial charge in [0, 0.05) is 36.2 Å². The van der Waals surface area contributed by atoms with Crippen molar-refractivity contribution in [2.24, 2.45) is 4.99 Å². The second-order valence-electron chi connectivity index (χ2n) is 10.1. The number of ether oxygens (including phenoxy) is 1. The Morgan fingerprint density at radius 2 is 1.74 bits per heavy atom. The third-order valence-corrected chi connectivity index (χ3v) is 8.43. The lowest BCUT2D eigenvalue weighted by atomic mass is 9.95. The van der Waals surface area contributed by atoms with E-state index >= 15 is 0 Å². The maximum atomic E-state index is 13.6. The summed E-state index contributed by atoms with van der Waals surface area (Å²) in [6.45, 7) is 2.05. The maximum absolute atomic E-state index is 13.6. The monoisotopic (exact) mass is 617 g/mol. The summed E-state index contributed by atoms with van der Waals surface area (Å²) in [5.41, 5.74) is 3.69. The highest BCUT2D eigenvalue weighted by atomic mass is 35.5. The number of anilines is 2. The number of nitrogens with one attached hydrogen (secondary N) is 1. The fourth-order valence-electron chi connectivity index (χ4n) is 5.17. The van der Waals surface area contributed by atoms with Gasteiger partial charge < -0.3 is 19.9 Å². The number of carbonyl (C=O) groups excluding carboxylic acids is 3. The van der Waals surface area contributed by atoms with Crippen molar-refractivity contribution >= 4 is 57.7 Å². The van der Waals surface area contributed by atoms with Crippen LogP contribution in [0.1, 0.15) is 39.2 Å². The highest BCUT2D eigenvalue weighted by molar-refractivity contribution is 8.14. The van der Waals surface area contributed by atoms with Gasteiger partial charge in [-0.05, 0) is 66.7 Å². The molecule has 1 unspecified atom stereocenters. The van der Waals surface area contributed by atoms with Crippen LogP contribution >= 0.6 is 23.4 Å². The number of thioether (sulfide) groups is 1. The van der Waals surface area contributed by atoms with Crippen molar-refractivity contribution < 1.29 is 24.0 Å². The second kappa shape index (κ2) is 11.8. The van der Waals surface area contributed by atoms with Gasteiger partial charge in [-0.15, -0.1) is 5.06 Å². The minimum Gasteiger partial charge on any atom is -0.462 e. The summed E-state index contributed by atoms with van der Waals surface area (Å²) in [5, 5.41) is 5.24. The number of hydrogen-bond acceptors (Lipinski definition) is 10. The zero-order valence-electron chi connectivity index (χ0n) is 23.7. The Morgan fingerprint density at radius 3 is 2.40 bits per heavy atom. The Bertz CT molecular complexity index is 1660. The van der Waals surface area contributed by atoms with Gasteiger partial charge in [0.15, 0.2) is 5.17 Å². The average Bonchev–Trinajstić information content (AvgIpc) is 3.48. The maximum Gasteiger partial charge on any atom is 0.340 e. The van der Waals surface area contributed by atoms with Crippen molar-refractivity contribution in [1.82, 2.24) is 10.4 Å². The van der Waals surface area contributed by atoms with E-state index in [9.17, 15) is 14.4 Å². The van der Waals surface area contributed by atoms with Crippen LogP contribution in [0, 0.1) is 0 Å². The zero-order chi connectivity index (χ0) is 30.2. The van der Waals surface area contributed by atoms with Gasteiger partial charge in [0.05, 0.1) is 36.1 Å². The fraction of sp³-hybridized carbons (Fsp3) is 0.226. The van der Waals surface area contributed by atoms with Gasteiger partial charge in [0.2, 0.25) is 0 Å². The third kappa shape index (κ3) is 5.24. The standard InChI is InChI=1S/C31H28ClN5O5S/c1-4-41-30(40)25-26(18-9-12-20(13-10-18)35(2)3)36-23-14-11-19(32)17-24(23)43-31(36)34-27(25)33-15-16-42-37-28(38)21-7-5-6-8-22(21)29(37)39/h5-14,17,26,33H,4,15-16H2,1-3H3. The lowest BCUT2D eigenvalue weighted by Crippen LogP contribution is -2.40. The molecule has 3 aromatic rings. The van der Waals surface area contributed by atoms with Crippen LogP contribution in [0.5, 0.6) is 0 Å². The lowest BCUT2D eigenvalue weighted by Gasteiger charge is -2.35. The first-order valence-corrected chi connectivity index (χ1v) is 14.9. The molecule has 6 rings (SSSR count). The van der Waals surface area contributed by atoms with Crippen LogP contribution in [0.2, 0.25) is 5.02 Å². The molecule has 43 heavy (non-hydrogen) atoms. The van der Waals surface area contributed by atoms with E-state index in [0.717, 1.165) is 26.9 Å². The number of fused-ring (bicyclic) bond motifs is 4. The molecule has 3 aliphatic heterocycles. The number of benzene rings is 3. The molecule has 1 atom stereocenters. The number of halogens is 1. The van der Waals surface area contributed by atoms with Crippen molar-refractivity contribution in [2.45, 2.75) is 17.9 Å². The number of rotatable bonds is 9. The number of amides is 2. The third-order valence-electron chi connectivity index (χ3n) is 7.18. The number of esters is 1. The smallest absolute Gasteiger partial charge is 0.340 e. The number of nitrogens with zero attached hydrogens (tertiary/aromatic N) is 4. The van der Waals surface area contributed by atoms with Gasteiger partial charge >= 0.3 is 5.97 Å². The molecule has 0 aromatic heterocycles. The first-order valence-electron chi connectivity index (χ1n) is 13.7. The molecule has 0 spiro atoms. The molecular weight excluding hydrogens is 590 g/mol. The molecule has 0 aliphatic carbocycles. The van der Waals surface area contributed by atoms with Crippen LogP contribution in [-0.2, 0) is 14.4 Å². The van der Waals surface area contributed by atoms with Crippen molar-refractivity contribution in [3.8, 4) is 0 Å². The van der Waals surface area contributed by atoms with Gasteiger partial charge in [-0.2, -0.15) is 0 Å². The topological polar surface area (TPSA) is 104 Å². The minimum absolute atomic E-state index is 0.0369. The van der Waals surface area contributed by atoms with Gasteiger partial charge in [0.1, 0.15) is 11.4 Å². The molecule has 12 heteroatoms. The van der Waals surface area contributed by atoms with E-state index in [1.54, 1.807) is 31.2 Å². The fourth-order valence-corrected chi connectivity index (χ4v) is 6.50. The first kappa shape index (κ1) is 28.8. The predicted molar refractivity (Wildman–Crippen MR) is 165 cm³/mol. The zero-order valence-corrected chi connectivity index (χ0v) is 25.2. The van der Waals surface area contributed by atoms with Gasteiger partial charge in [-0.3, -0.25) is 14.4 Å². The van der Waals surface area contributed by atoms with Crippen molar-refractivity contribution in [3.05, 3.63) is 99.8 Å². The summed E-state index contributed by atoms with van der Waals surface area (Å²) >= 11 is 7.77. The van der Waals surface area contributed by atoms with E-state index in [0.29, 0.717) is 32.7 Å². The largest absolute Gasteiger partial charge is 0.462 e. The van der Waals surface area contributed by atoms with Crippen LogP contribution in [0.15, 0.2) is 88.0 Å². The van der Waals surface area contributed by atoms with Gasteiger partial charge in [0.25, 0.3) is 11.8 Å². The molecular formula is C31H28ClN5O5S. The van der Waals surface area contributed by atoms with Crippen LogP contribution in [0.25, 0.3) is 0 Å². The predicted octanol–water partition coefficient (Wildman–Crippen LogP) is 5.02. The lowest BCUT2D eigenvalue weighted by molar-refractivity contribution is -0.139. The molecule has 10 nitrogen and oxygen atoms in total. The molecule has 0 saturated carbocycles. The number of amidine groups is 1.